The van der Waals surface area contributed by atoms with Gasteiger partial charge in [0.25, 0.3) is 0 Å². The minimum Gasteiger partial charge on any atom is -0.463 e. The molecule has 0 aromatic rings. The van der Waals surface area contributed by atoms with Gasteiger partial charge in [0.2, 0.25) is 5.91 Å². The number of ether oxygens (including phenoxy) is 2. The summed E-state index contributed by atoms with van der Waals surface area (Å²) in [6.07, 6.45) is 4.28. The lowest BCUT2D eigenvalue weighted by atomic mass is 9.77. The summed E-state index contributed by atoms with van der Waals surface area (Å²) in [5.41, 5.74) is -0.619. The Kier molecular flexibility index (Phi) is 3.35. The van der Waals surface area contributed by atoms with Crippen LogP contribution in [0.4, 0.5) is 0 Å². The molecule has 5 nitrogen and oxygen atoms in total. The SMILES string of the molecule is CC[C@H](C)N1C[C@]23C=C[C@@H](O2)[C@H](C(=O)OC(C)C)[C@@H]3C1=O. The van der Waals surface area contributed by atoms with Gasteiger partial charge in [-0.15, -0.1) is 0 Å². The van der Waals surface area contributed by atoms with Crippen molar-refractivity contribution in [1.82, 2.24) is 4.90 Å². The second-order valence-corrected chi connectivity index (χ2v) is 6.61. The topological polar surface area (TPSA) is 55.8 Å². The molecule has 3 aliphatic heterocycles. The summed E-state index contributed by atoms with van der Waals surface area (Å²) >= 11 is 0. The number of esters is 1. The predicted molar refractivity (Wildman–Crippen MR) is 76.4 cm³/mol. The third kappa shape index (κ3) is 2.01. The summed E-state index contributed by atoms with van der Waals surface area (Å²) in [6, 6.07) is 0.162. The third-order valence-electron chi connectivity index (χ3n) is 4.88. The van der Waals surface area contributed by atoms with E-state index >= 15 is 0 Å². The van der Waals surface area contributed by atoms with Gasteiger partial charge >= 0.3 is 5.97 Å². The minimum atomic E-state index is -0.619. The molecule has 1 spiro atoms. The second-order valence-electron chi connectivity index (χ2n) is 6.61. The molecular formula is C16H23NO4. The van der Waals surface area contributed by atoms with Crippen LogP contribution < -0.4 is 0 Å². The van der Waals surface area contributed by atoms with E-state index in [0.29, 0.717) is 6.54 Å². The van der Waals surface area contributed by atoms with E-state index in [0.717, 1.165) is 6.42 Å². The molecule has 3 heterocycles. The van der Waals surface area contributed by atoms with Crippen LogP contribution in [0.3, 0.4) is 0 Å². The first-order chi connectivity index (χ1) is 9.89. The van der Waals surface area contributed by atoms with Crippen molar-refractivity contribution in [3.8, 4) is 0 Å². The first-order valence-electron chi connectivity index (χ1n) is 7.77. The molecule has 3 aliphatic rings. The van der Waals surface area contributed by atoms with E-state index in [4.69, 9.17) is 9.47 Å². The molecule has 0 aromatic heterocycles. The molecule has 2 fully saturated rings. The number of carbonyl (C=O) groups is 2. The largest absolute Gasteiger partial charge is 0.463 e. The van der Waals surface area contributed by atoms with Gasteiger partial charge in [-0.1, -0.05) is 19.1 Å². The summed E-state index contributed by atoms with van der Waals surface area (Å²) in [5, 5.41) is 0. The van der Waals surface area contributed by atoms with E-state index < -0.39 is 17.4 Å². The number of likely N-dealkylation sites (tertiary alicyclic amines) is 1. The summed E-state index contributed by atoms with van der Waals surface area (Å²) in [4.78, 5) is 27.0. The zero-order valence-electron chi connectivity index (χ0n) is 13.0. The van der Waals surface area contributed by atoms with E-state index in [1.54, 1.807) is 0 Å². The molecule has 0 saturated carbocycles. The normalized spacial score (nSPS) is 38.2. The number of amides is 1. The van der Waals surface area contributed by atoms with E-state index in [-0.39, 0.29) is 30.1 Å². The summed E-state index contributed by atoms with van der Waals surface area (Å²) in [6.45, 7) is 8.28. The quantitative estimate of drug-likeness (QED) is 0.582. The highest BCUT2D eigenvalue weighted by molar-refractivity contribution is 5.91. The summed E-state index contributed by atoms with van der Waals surface area (Å²) in [7, 11) is 0. The Hall–Kier alpha value is -1.36. The van der Waals surface area contributed by atoms with Gasteiger partial charge in [-0.2, -0.15) is 0 Å². The van der Waals surface area contributed by atoms with Crippen LogP contribution >= 0.6 is 0 Å². The van der Waals surface area contributed by atoms with Gasteiger partial charge in [0.1, 0.15) is 11.5 Å². The highest BCUT2D eigenvalue weighted by atomic mass is 16.6. The molecule has 1 amide bonds. The molecule has 0 aliphatic carbocycles. The molecule has 116 valence electrons. The van der Waals surface area contributed by atoms with E-state index in [2.05, 4.69) is 6.92 Å². The number of hydrogen-bond donors (Lipinski definition) is 0. The molecule has 0 unspecified atom stereocenters. The standard InChI is InChI=1S/C16H23NO4/c1-5-10(4)17-8-16-7-6-11(21-16)12(13(16)14(17)18)15(19)20-9(2)3/h6-7,9-13H,5,8H2,1-4H3/t10-,11+,12-,13+,16-/m0/s1. The Morgan fingerprint density at radius 2 is 2.24 bits per heavy atom. The first kappa shape index (κ1) is 14.6. The Morgan fingerprint density at radius 1 is 1.52 bits per heavy atom. The Labute approximate surface area is 125 Å². The highest BCUT2D eigenvalue weighted by Gasteiger charge is 2.67. The van der Waals surface area contributed by atoms with Crippen LogP contribution in [0.1, 0.15) is 34.1 Å². The lowest BCUT2D eigenvalue weighted by Gasteiger charge is -2.26. The van der Waals surface area contributed by atoms with Crippen molar-refractivity contribution < 1.29 is 19.1 Å². The van der Waals surface area contributed by atoms with Gasteiger partial charge in [0.05, 0.1) is 24.7 Å². The van der Waals surface area contributed by atoms with E-state index in [1.807, 2.05) is 37.8 Å². The van der Waals surface area contributed by atoms with Gasteiger partial charge in [-0.3, -0.25) is 9.59 Å². The van der Waals surface area contributed by atoms with Crippen LogP contribution in [-0.2, 0) is 19.1 Å². The number of fused-ring (bicyclic) bond motifs is 1. The molecule has 0 radical (unpaired) electrons. The lowest BCUT2D eigenvalue weighted by Crippen LogP contribution is -2.41. The van der Waals surface area contributed by atoms with Gasteiger partial charge in [0, 0.05) is 6.04 Å². The molecule has 2 saturated heterocycles. The predicted octanol–water partition coefficient (Wildman–Crippen LogP) is 1.52. The maximum atomic E-state index is 12.8. The number of nitrogens with zero attached hydrogens (tertiary/aromatic N) is 1. The average Bonchev–Trinajstić information content (AvgIpc) is 3.05. The second kappa shape index (κ2) is 4.83. The lowest BCUT2D eigenvalue weighted by molar-refractivity contribution is -0.157. The maximum Gasteiger partial charge on any atom is 0.313 e. The minimum absolute atomic E-state index is 0.0295. The number of carbonyl (C=O) groups excluding carboxylic acids is 2. The van der Waals surface area contributed by atoms with E-state index in [9.17, 15) is 9.59 Å². The Bertz CT molecular complexity index is 501. The Balaban J connectivity index is 1.88. The molecule has 0 aromatic carbocycles. The van der Waals surface area contributed by atoms with Gasteiger partial charge in [-0.05, 0) is 27.2 Å². The number of hydrogen-bond acceptors (Lipinski definition) is 4. The molecule has 21 heavy (non-hydrogen) atoms. The van der Waals surface area contributed by atoms with Crippen molar-refractivity contribution in [3.05, 3.63) is 12.2 Å². The fourth-order valence-corrected chi connectivity index (χ4v) is 3.70. The molecular weight excluding hydrogens is 270 g/mol. The molecule has 3 rings (SSSR count). The Morgan fingerprint density at radius 3 is 2.86 bits per heavy atom. The van der Waals surface area contributed by atoms with Gasteiger partial charge in [-0.25, -0.2) is 0 Å². The van der Waals surface area contributed by atoms with Crippen molar-refractivity contribution in [2.75, 3.05) is 6.54 Å². The fourth-order valence-electron chi connectivity index (χ4n) is 3.70. The monoisotopic (exact) mass is 293 g/mol. The third-order valence-corrected chi connectivity index (χ3v) is 4.88. The number of rotatable bonds is 4. The molecule has 2 bridgehead atoms. The van der Waals surface area contributed by atoms with Crippen LogP contribution in [0, 0.1) is 11.8 Å². The van der Waals surface area contributed by atoms with Gasteiger partial charge in [0.15, 0.2) is 0 Å². The first-order valence-corrected chi connectivity index (χ1v) is 7.77. The van der Waals surface area contributed by atoms with Crippen molar-refractivity contribution in [3.63, 3.8) is 0 Å². The molecule has 5 atom stereocenters. The average molecular weight is 293 g/mol. The van der Waals surface area contributed by atoms with Crippen molar-refractivity contribution in [2.24, 2.45) is 11.8 Å². The summed E-state index contributed by atoms with van der Waals surface area (Å²) in [5.74, 6) is -1.21. The smallest absolute Gasteiger partial charge is 0.313 e. The van der Waals surface area contributed by atoms with Crippen LogP contribution in [0.25, 0.3) is 0 Å². The van der Waals surface area contributed by atoms with Crippen LogP contribution in [0.5, 0.6) is 0 Å². The van der Waals surface area contributed by atoms with Gasteiger partial charge < -0.3 is 14.4 Å². The summed E-state index contributed by atoms with van der Waals surface area (Å²) < 4.78 is 11.4. The van der Waals surface area contributed by atoms with Crippen molar-refractivity contribution >= 4 is 11.9 Å². The highest BCUT2D eigenvalue weighted by Crippen LogP contribution is 2.52. The maximum absolute atomic E-state index is 12.8. The van der Waals surface area contributed by atoms with E-state index in [1.165, 1.54) is 0 Å². The molecule has 5 heteroatoms. The molecule has 0 N–H and O–H groups in total. The van der Waals surface area contributed by atoms with Crippen LogP contribution in [0.15, 0.2) is 12.2 Å². The fraction of sp³-hybridized carbons (Fsp3) is 0.750. The van der Waals surface area contributed by atoms with Crippen LogP contribution in [0.2, 0.25) is 0 Å². The zero-order chi connectivity index (χ0) is 15.4. The van der Waals surface area contributed by atoms with Crippen LogP contribution in [-0.4, -0.2) is 47.2 Å². The van der Waals surface area contributed by atoms with Crippen molar-refractivity contribution in [2.45, 2.75) is 58.0 Å². The van der Waals surface area contributed by atoms with Crippen molar-refractivity contribution in [1.29, 1.82) is 0 Å². The zero-order valence-corrected chi connectivity index (χ0v) is 13.0.